The Morgan fingerprint density at radius 2 is 1.44 bits per heavy atom. The Kier molecular flexibility index (Phi) is 11.3. The maximum absolute atomic E-state index is 12.2. The second kappa shape index (κ2) is 12.0. The van der Waals surface area contributed by atoms with Crippen LogP contribution in [0.1, 0.15) is 50.4 Å². The summed E-state index contributed by atoms with van der Waals surface area (Å²) in [5.74, 6) is -0.0291. The van der Waals surface area contributed by atoms with Gasteiger partial charge in [-0.2, -0.15) is 0 Å². The van der Waals surface area contributed by atoms with Gasteiger partial charge in [0.15, 0.2) is 0 Å². The van der Waals surface area contributed by atoms with Crippen LogP contribution in [-0.4, -0.2) is 18.0 Å². The topological polar surface area (TPSA) is 67.1 Å². The molecule has 2 rings (SSSR count). The van der Waals surface area contributed by atoms with Gasteiger partial charge in [0.2, 0.25) is 5.91 Å². The lowest BCUT2D eigenvalue weighted by molar-refractivity contribution is -0.121. The highest BCUT2D eigenvalue weighted by Crippen LogP contribution is 2.16. The van der Waals surface area contributed by atoms with Crippen molar-refractivity contribution in [2.45, 2.75) is 44.8 Å². The molecule has 2 aromatic rings. The molecule has 6 heteroatoms. The molecule has 0 spiro atoms. The standard InChI is InChI=1S/C21H29N3O.2ClH/c1-16(17-10-6-4-7-11-17)24-21(2,3)15-23-20(25)14-19(22)18-12-8-5-9-13-18;;/h4-13,16,19,24H,14-15,22H2,1-3H3,(H,23,25);2*1H. The van der Waals surface area contributed by atoms with Crippen molar-refractivity contribution in [2.24, 2.45) is 5.73 Å². The monoisotopic (exact) mass is 411 g/mol. The van der Waals surface area contributed by atoms with Gasteiger partial charge in [0.25, 0.3) is 0 Å². The van der Waals surface area contributed by atoms with E-state index in [4.69, 9.17) is 5.73 Å². The molecular formula is C21H31Cl2N3O. The summed E-state index contributed by atoms with van der Waals surface area (Å²) in [5.41, 5.74) is 8.10. The van der Waals surface area contributed by atoms with Gasteiger partial charge in [0.1, 0.15) is 0 Å². The first-order valence-corrected chi connectivity index (χ1v) is 8.77. The summed E-state index contributed by atoms with van der Waals surface area (Å²) in [5, 5.41) is 6.57. The number of hydrogen-bond donors (Lipinski definition) is 3. The van der Waals surface area contributed by atoms with Crippen LogP contribution in [0.15, 0.2) is 60.7 Å². The highest BCUT2D eigenvalue weighted by atomic mass is 35.5. The molecule has 27 heavy (non-hydrogen) atoms. The highest BCUT2D eigenvalue weighted by molar-refractivity contribution is 5.85. The lowest BCUT2D eigenvalue weighted by Crippen LogP contribution is -2.50. The number of carbonyl (C=O) groups excluding carboxylic acids is 1. The van der Waals surface area contributed by atoms with Gasteiger partial charge >= 0.3 is 0 Å². The molecule has 0 aliphatic rings. The number of nitrogens with one attached hydrogen (secondary N) is 2. The SMILES string of the molecule is CC(NC(C)(C)CNC(=O)CC(N)c1ccccc1)c1ccccc1.Cl.Cl. The first-order chi connectivity index (χ1) is 11.9. The minimum atomic E-state index is -0.277. The van der Waals surface area contributed by atoms with Crippen molar-refractivity contribution in [1.29, 1.82) is 0 Å². The molecule has 4 N–H and O–H groups in total. The number of halogens is 2. The molecule has 150 valence electrons. The molecule has 0 aromatic heterocycles. The molecule has 0 saturated heterocycles. The van der Waals surface area contributed by atoms with E-state index < -0.39 is 0 Å². The molecule has 2 unspecified atom stereocenters. The number of rotatable bonds is 8. The van der Waals surface area contributed by atoms with Gasteiger partial charge < -0.3 is 16.4 Å². The van der Waals surface area contributed by atoms with E-state index in [1.807, 2.05) is 48.5 Å². The fourth-order valence-corrected chi connectivity index (χ4v) is 2.87. The summed E-state index contributed by atoms with van der Waals surface area (Å²) in [6.07, 6.45) is 0.286. The first kappa shape index (κ1) is 25.4. The third-order valence-electron chi connectivity index (χ3n) is 4.27. The molecule has 0 radical (unpaired) electrons. The van der Waals surface area contributed by atoms with E-state index in [9.17, 15) is 4.79 Å². The van der Waals surface area contributed by atoms with Crippen molar-refractivity contribution in [3.8, 4) is 0 Å². The van der Waals surface area contributed by atoms with Gasteiger partial charge in [0.05, 0.1) is 0 Å². The van der Waals surface area contributed by atoms with E-state index in [0.717, 1.165) is 5.56 Å². The molecule has 0 fully saturated rings. The Labute approximate surface area is 175 Å². The molecular weight excluding hydrogens is 381 g/mol. The number of amides is 1. The third kappa shape index (κ3) is 8.76. The van der Waals surface area contributed by atoms with Crippen LogP contribution >= 0.6 is 24.8 Å². The van der Waals surface area contributed by atoms with Crippen LogP contribution < -0.4 is 16.4 Å². The minimum Gasteiger partial charge on any atom is -0.354 e. The quantitative estimate of drug-likeness (QED) is 0.610. The molecule has 0 saturated carbocycles. The summed E-state index contributed by atoms with van der Waals surface area (Å²) in [6, 6.07) is 19.9. The van der Waals surface area contributed by atoms with E-state index in [1.165, 1.54) is 5.56 Å². The fourth-order valence-electron chi connectivity index (χ4n) is 2.87. The van der Waals surface area contributed by atoms with Crippen LogP contribution in [0.2, 0.25) is 0 Å². The normalized spacial score (nSPS) is 12.9. The Bertz CT molecular complexity index is 666. The van der Waals surface area contributed by atoms with Crippen molar-refractivity contribution in [1.82, 2.24) is 10.6 Å². The van der Waals surface area contributed by atoms with Gasteiger partial charge in [-0.05, 0) is 31.9 Å². The zero-order valence-corrected chi connectivity index (χ0v) is 17.8. The predicted molar refractivity (Wildman–Crippen MR) is 118 cm³/mol. The predicted octanol–water partition coefficient (Wildman–Crippen LogP) is 4.17. The molecule has 1 amide bonds. The Balaban J connectivity index is 0.00000338. The van der Waals surface area contributed by atoms with E-state index in [0.29, 0.717) is 6.54 Å². The average Bonchev–Trinajstić information content (AvgIpc) is 2.61. The van der Waals surface area contributed by atoms with E-state index in [1.54, 1.807) is 0 Å². The third-order valence-corrected chi connectivity index (χ3v) is 4.27. The highest BCUT2D eigenvalue weighted by Gasteiger charge is 2.22. The zero-order valence-electron chi connectivity index (χ0n) is 16.1. The van der Waals surface area contributed by atoms with Crippen molar-refractivity contribution in [3.05, 3.63) is 71.8 Å². The Morgan fingerprint density at radius 1 is 0.963 bits per heavy atom. The van der Waals surface area contributed by atoms with Crippen LogP contribution in [-0.2, 0) is 4.79 Å². The molecule has 0 aliphatic carbocycles. The Morgan fingerprint density at radius 3 is 1.96 bits per heavy atom. The van der Waals surface area contributed by atoms with Crippen LogP contribution in [0.25, 0.3) is 0 Å². The summed E-state index contributed by atoms with van der Waals surface area (Å²) in [4.78, 5) is 12.2. The summed E-state index contributed by atoms with van der Waals surface area (Å²) in [7, 11) is 0. The average molecular weight is 412 g/mol. The summed E-state index contributed by atoms with van der Waals surface area (Å²) < 4.78 is 0. The molecule has 0 bridgehead atoms. The fraction of sp³-hybridized carbons (Fsp3) is 0.381. The summed E-state index contributed by atoms with van der Waals surface area (Å²) >= 11 is 0. The number of benzene rings is 2. The van der Waals surface area contributed by atoms with Gasteiger partial charge in [-0.25, -0.2) is 0 Å². The van der Waals surface area contributed by atoms with Crippen LogP contribution in [0.5, 0.6) is 0 Å². The van der Waals surface area contributed by atoms with Gasteiger partial charge in [0, 0.05) is 30.6 Å². The van der Waals surface area contributed by atoms with Gasteiger partial charge in [-0.1, -0.05) is 60.7 Å². The van der Waals surface area contributed by atoms with E-state index in [2.05, 4.69) is 43.5 Å². The molecule has 0 aliphatic heterocycles. The van der Waals surface area contributed by atoms with Crippen LogP contribution in [0, 0.1) is 0 Å². The maximum Gasteiger partial charge on any atom is 0.221 e. The number of carbonyl (C=O) groups is 1. The van der Waals surface area contributed by atoms with Crippen molar-refractivity contribution in [2.75, 3.05) is 6.54 Å². The van der Waals surface area contributed by atoms with Crippen molar-refractivity contribution >= 4 is 30.7 Å². The smallest absolute Gasteiger partial charge is 0.221 e. The van der Waals surface area contributed by atoms with Crippen LogP contribution in [0.4, 0.5) is 0 Å². The van der Waals surface area contributed by atoms with Crippen molar-refractivity contribution < 1.29 is 4.79 Å². The molecule has 2 atom stereocenters. The second-order valence-corrected chi connectivity index (χ2v) is 7.16. The largest absolute Gasteiger partial charge is 0.354 e. The van der Waals surface area contributed by atoms with Crippen molar-refractivity contribution in [3.63, 3.8) is 0 Å². The first-order valence-electron chi connectivity index (χ1n) is 8.77. The maximum atomic E-state index is 12.2. The number of nitrogens with two attached hydrogens (primary N) is 1. The zero-order chi connectivity index (χ0) is 18.3. The van der Waals surface area contributed by atoms with Crippen LogP contribution in [0.3, 0.4) is 0 Å². The molecule has 4 nitrogen and oxygen atoms in total. The summed E-state index contributed by atoms with van der Waals surface area (Å²) in [6.45, 7) is 6.85. The second-order valence-electron chi connectivity index (χ2n) is 7.16. The number of hydrogen-bond acceptors (Lipinski definition) is 3. The molecule has 2 aromatic carbocycles. The Hall–Kier alpha value is -1.59. The lowest BCUT2D eigenvalue weighted by Gasteiger charge is -2.31. The lowest BCUT2D eigenvalue weighted by atomic mass is 10.0. The minimum absolute atomic E-state index is 0. The van der Waals surface area contributed by atoms with Gasteiger partial charge in [-0.3, -0.25) is 4.79 Å². The molecule has 0 heterocycles. The van der Waals surface area contributed by atoms with Gasteiger partial charge in [-0.15, -0.1) is 24.8 Å². The van der Waals surface area contributed by atoms with E-state index in [-0.39, 0.29) is 54.8 Å². The van der Waals surface area contributed by atoms with E-state index >= 15 is 0 Å².